The van der Waals surface area contributed by atoms with Crippen molar-refractivity contribution in [2.24, 2.45) is 5.92 Å². The summed E-state index contributed by atoms with van der Waals surface area (Å²) in [4.78, 5) is 23.3. The topological polar surface area (TPSA) is 91.5 Å². The van der Waals surface area contributed by atoms with E-state index in [1.54, 1.807) is 14.2 Å². The first kappa shape index (κ1) is 15.9. The highest BCUT2D eigenvalue weighted by molar-refractivity contribution is 5.95. The summed E-state index contributed by atoms with van der Waals surface area (Å²) in [6.45, 7) is 3.92. The van der Waals surface area contributed by atoms with Gasteiger partial charge in [0.1, 0.15) is 5.70 Å². The second kappa shape index (κ2) is 6.55. The normalized spacial score (nSPS) is 20.8. The molecule has 0 aromatic carbocycles. The molecule has 0 bridgehead atoms. The number of carbonyl (C=O) groups is 2. The van der Waals surface area contributed by atoms with Crippen molar-refractivity contribution in [3.8, 4) is 0 Å². The fourth-order valence-corrected chi connectivity index (χ4v) is 2.63. The van der Waals surface area contributed by atoms with Crippen LogP contribution in [0.1, 0.15) is 13.8 Å². The van der Waals surface area contributed by atoms with E-state index in [-0.39, 0.29) is 23.8 Å². The van der Waals surface area contributed by atoms with Crippen molar-refractivity contribution >= 4 is 11.8 Å². The average Bonchev–Trinajstić information content (AvgIpc) is 2.90. The lowest BCUT2D eigenvalue weighted by atomic mass is 9.92. The Hall–Kier alpha value is -2.44. The molecule has 2 heterocycles. The maximum atomic E-state index is 12.1. The van der Waals surface area contributed by atoms with E-state index < -0.39 is 0 Å². The zero-order chi connectivity index (χ0) is 16.3. The smallest absolute Gasteiger partial charge is 0.267 e. The molecule has 4 N–H and O–H groups in total. The summed E-state index contributed by atoms with van der Waals surface area (Å²) < 4.78 is 5.23. The number of rotatable bonds is 5. The summed E-state index contributed by atoms with van der Waals surface area (Å²) in [5.74, 6) is 0.353. The molecule has 7 nitrogen and oxygen atoms in total. The Bertz CT molecular complexity index is 577. The van der Waals surface area contributed by atoms with E-state index in [1.807, 2.05) is 19.1 Å². The predicted molar refractivity (Wildman–Crippen MR) is 82.2 cm³/mol. The Kier molecular flexibility index (Phi) is 4.75. The molecule has 0 spiro atoms. The Morgan fingerprint density at radius 3 is 2.73 bits per heavy atom. The average molecular weight is 306 g/mol. The number of carbonyl (C=O) groups excluding carboxylic acids is 2. The second-order valence-electron chi connectivity index (χ2n) is 5.31. The van der Waals surface area contributed by atoms with E-state index in [0.717, 1.165) is 11.3 Å². The number of hydrogen-bond acceptors (Lipinski definition) is 5. The van der Waals surface area contributed by atoms with Crippen LogP contribution in [0.2, 0.25) is 0 Å². The van der Waals surface area contributed by atoms with Crippen LogP contribution in [0, 0.1) is 5.92 Å². The molecule has 0 aliphatic carbocycles. The summed E-state index contributed by atoms with van der Waals surface area (Å²) >= 11 is 0. The highest BCUT2D eigenvalue weighted by Gasteiger charge is 2.37. The summed E-state index contributed by atoms with van der Waals surface area (Å²) in [5.41, 5.74) is 2.32. The molecule has 7 heteroatoms. The zero-order valence-corrected chi connectivity index (χ0v) is 13.2. The van der Waals surface area contributed by atoms with Gasteiger partial charge in [0.15, 0.2) is 5.88 Å². The minimum Gasteiger partial charge on any atom is -0.482 e. The van der Waals surface area contributed by atoms with Crippen LogP contribution in [0.4, 0.5) is 0 Å². The second-order valence-corrected chi connectivity index (χ2v) is 5.31. The van der Waals surface area contributed by atoms with Crippen molar-refractivity contribution in [1.82, 2.24) is 21.3 Å². The van der Waals surface area contributed by atoms with Crippen molar-refractivity contribution in [1.29, 1.82) is 0 Å². The SMILES string of the molecule is CNC(=O)C1=C([C@@H](C)CNC(C)=O)C2NC(OC)=CC=C2N1. The molecule has 2 rings (SSSR count). The van der Waals surface area contributed by atoms with Crippen molar-refractivity contribution in [3.63, 3.8) is 0 Å². The third-order valence-electron chi connectivity index (χ3n) is 3.74. The van der Waals surface area contributed by atoms with E-state index in [1.165, 1.54) is 6.92 Å². The monoisotopic (exact) mass is 306 g/mol. The molecule has 0 fully saturated rings. The lowest BCUT2D eigenvalue weighted by Gasteiger charge is -2.26. The number of ether oxygens (including phenoxy) is 1. The molecular formula is C15H22N4O3. The molecule has 2 aliphatic heterocycles. The maximum Gasteiger partial charge on any atom is 0.267 e. The first-order valence-electron chi connectivity index (χ1n) is 7.18. The molecule has 2 atom stereocenters. The fraction of sp³-hybridized carbons (Fsp3) is 0.467. The molecule has 0 saturated carbocycles. The third-order valence-corrected chi connectivity index (χ3v) is 3.74. The molecule has 120 valence electrons. The molecular weight excluding hydrogens is 284 g/mol. The first-order valence-corrected chi connectivity index (χ1v) is 7.18. The van der Waals surface area contributed by atoms with Crippen molar-refractivity contribution in [2.75, 3.05) is 20.7 Å². The van der Waals surface area contributed by atoms with Gasteiger partial charge in [-0.15, -0.1) is 0 Å². The number of methoxy groups -OCH3 is 1. The van der Waals surface area contributed by atoms with Crippen LogP contribution in [-0.4, -0.2) is 38.6 Å². The van der Waals surface area contributed by atoms with E-state index in [0.29, 0.717) is 18.1 Å². The number of nitrogens with one attached hydrogen (secondary N) is 4. The maximum absolute atomic E-state index is 12.1. The number of likely N-dealkylation sites (N-methyl/N-ethyl adjacent to an activating group) is 1. The quantitative estimate of drug-likeness (QED) is 0.560. The molecule has 2 amide bonds. The molecule has 0 radical (unpaired) electrons. The lowest BCUT2D eigenvalue weighted by molar-refractivity contribution is -0.119. The number of allylic oxidation sites excluding steroid dienone is 2. The van der Waals surface area contributed by atoms with Gasteiger partial charge >= 0.3 is 0 Å². The van der Waals surface area contributed by atoms with Gasteiger partial charge in [-0.25, -0.2) is 0 Å². The Morgan fingerprint density at radius 2 is 2.14 bits per heavy atom. The standard InChI is InChI=1S/C15H22N4O3/c1-8(7-17-9(2)20)12-13-10(5-6-11(19-13)22-4)18-14(12)15(21)16-3/h5-6,8,13,18-19H,7H2,1-4H3,(H,16,21)(H,17,20)/t8-,13?/m0/s1. The van der Waals surface area contributed by atoms with Gasteiger partial charge in [-0.1, -0.05) is 6.92 Å². The van der Waals surface area contributed by atoms with Gasteiger partial charge in [0, 0.05) is 26.2 Å². The molecule has 1 unspecified atom stereocenters. The first-order chi connectivity index (χ1) is 10.5. The van der Waals surface area contributed by atoms with Gasteiger partial charge in [-0.2, -0.15) is 0 Å². The van der Waals surface area contributed by atoms with Gasteiger partial charge in [0.2, 0.25) is 5.91 Å². The number of amides is 2. The number of hydrogen-bond donors (Lipinski definition) is 4. The van der Waals surface area contributed by atoms with Crippen LogP contribution in [0.5, 0.6) is 0 Å². The lowest BCUT2D eigenvalue weighted by Crippen LogP contribution is -2.38. The minimum absolute atomic E-state index is 0.0108. The molecule has 2 aliphatic rings. The van der Waals surface area contributed by atoms with Crippen LogP contribution in [0.3, 0.4) is 0 Å². The summed E-state index contributed by atoms with van der Waals surface area (Å²) in [5, 5.41) is 11.8. The Balaban J connectivity index is 2.30. The van der Waals surface area contributed by atoms with Crippen molar-refractivity contribution in [3.05, 3.63) is 35.0 Å². The zero-order valence-electron chi connectivity index (χ0n) is 13.2. The van der Waals surface area contributed by atoms with Crippen LogP contribution in [0.15, 0.2) is 35.0 Å². The molecule has 0 saturated heterocycles. The van der Waals surface area contributed by atoms with Crippen LogP contribution in [-0.2, 0) is 14.3 Å². The van der Waals surface area contributed by atoms with Crippen LogP contribution >= 0.6 is 0 Å². The van der Waals surface area contributed by atoms with E-state index in [4.69, 9.17) is 4.74 Å². The highest BCUT2D eigenvalue weighted by Crippen LogP contribution is 2.31. The van der Waals surface area contributed by atoms with E-state index >= 15 is 0 Å². The van der Waals surface area contributed by atoms with Gasteiger partial charge in [0.25, 0.3) is 5.91 Å². The van der Waals surface area contributed by atoms with E-state index in [2.05, 4.69) is 21.3 Å². The van der Waals surface area contributed by atoms with Gasteiger partial charge in [-0.3, -0.25) is 9.59 Å². The van der Waals surface area contributed by atoms with Gasteiger partial charge in [-0.05, 0) is 23.6 Å². The largest absolute Gasteiger partial charge is 0.482 e. The Morgan fingerprint density at radius 1 is 1.41 bits per heavy atom. The Labute approximate surface area is 129 Å². The van der Waals surface area contributed by atoms with E-state index in [9.17, 15) is 9.59 Å². The fourth-order valence-electron chi connectivity index (χ4n) is 2.63. The van der Waals surface area contributed by atoms with Gasteiger partial charge in [0.05, 0.1) is 13.2 Å². The molecule has 0 aromatic heterocycles. The summed E-state index contributed by atoms with van der Waals surface area (Å²) in [7, 11) is 3.18. The summed E-state index contributed by atoms with van der Waals surface area (Å²) in [6, 6.07) is -0.156. The van der Waals surface area contributed by atoms with Gasteiger partial charge < -0.3 is 26.0 Å². The van der Waals surface area contributed by atoms with Crippen molar-refractivity contribution < 1.29 is 14.3 Å². The number of fused-ring (bicyclic) bond motifs is 1. The van der Waals surface area contributed by atoms with Crippen LogP contribution < -0.4 is 21.3 Å². The third kappa shape index (κ3) is 3.08. The molecule has 0 aromatic rings. The summed E-state index contributed by atoms with van der Waals surface area (Å²) in [6.07, 6.45) is 3.70. The highest BCUT2D eigenvalue weighted by atomic mass is 16.5. The minimum atomic E-state index is -0.180. The van der Waals surface area contributed by atoms with Crippen LogP contribution in [0.25, 0.3) is 0 Å². The molecule has 22 heavy (non-hydrogen) atoms. The predicted octanol–water partition coefficient (Wildman–Crippen LogP) is -0.295. The van der Waals surface area contributed by atoms with Crippen molar-refractivity contribution in [2.45, 2.75) is 19.9 Å². The number of dihydropyridines is 1.